The van der Waals surface area contributed by atoms with Crippen LogP contribution in [0.1, 0.15) is 61.5 Å². The monoisotopic (exact) mass is 530 g/mol. The molecule has 3 amide bonds. The van der Waals surface area contributed by atoms with Crippen molar-refractivity contribution in [2.24, 2.45) is 0 Å². The predicted octanol–water partition coefficient (Wildman–Crippen LogP) is 5.94. The number of aryl methyl sites for hydroxylation is 2. The summed E-state index contributed by atoms with van der Waals surface area (Å²) in [7, 11) is 0. The molecule has 3 aromatic rings. The standard InChI is InChI=1S/C31H38N4O4/c1-31(2,3)39-30(38)33-21-7-9-23-15-19-25(20-16-23)34-28(36)12-6-8-22-13-17-24(18-14-22)29(37)35-27-11-5-4-10-26(27)32/h4-5,10-11,13-20H,6-9,12,21,32H2,1-3H3,(H,33,38)(H,34,36)(H,35,37). The van der Waals surface area contributed by atoms with E-state index in [1.54, 1.807) is 24.3 Å². The molecule has 39 heavy (non-hydrogen) atoms. The fraction of sp³-hybridized carbons (Fsp3) is 0.323. The van der Waals surface area contributed by atoms with Crippen LogP contribution in [-0.4, -0.2) is 30.1 Å². The SMILES string of the molecule is CC(C)(C)OC(=O)NCCCc1ccc(NC(=O)CCCc2ccc(C(=O)Nc3ccccc3N)cc2)cc1. The topological polar surface area (TPSA) is 123 Å². The molecule has 206 valence electrons. The molecule has 0 bridgehead atoms. The number of benzene rings is 3. The minimum absolute atomic E-state index is 0.0410. The van der Waals surface area contributed by atoms with Gasteiger partial charge in [0.1, 0.15) is 5.60 Å². The Hall–Kier alpha value is -4.33. The van der Waals surface area contributed by atoms with Crippen LogP contribution in [-0.2, 0) is 22.4 Å². The lowest BCUT2D eigenvalue weighted by Crippen LogP contribution is -2.33. The zero-order chi connectivity index (χ0) is 28.3. The molecule has 0 spiro atoms. The van der Waals surface area contributed by atoms with E-state index in [2.05, 4.69) is 16.0 Å². The van der Waals surface area contributed by atoms with Crippen LogP contribution < -0.4 is 21.7 Å². The van der Waals surface area contributed by atoms with Crippen LogP contribution in [0.25, 0.3) is 0 Å². The second-order valence-corrected chi connectivity index (χ2v) is 10.4. The Bertz CT molecular complexity index is 1250. The number of carbonyl (C=O) groups is 3. The summed E-state index contributed by atoms with van der Waals surface area (Å²) in [4.78, 5) is 36.5. The summed E-state index contributed by atoms with van der Waals surface area (Å²) in [6.45, 7) is 6.03. The Labute approximate surface area is 230 Å². The molecule has 3 rings (SSSR count). The number of alkyl carbamates (subject to hydrolysis) is 1. The highest BCUT2D eigenvalue weighted by atomic mass is 16.6. The van der Waals surface area contributed by atoms with E-state index in [4.69, 9.17) is 10.5 Å². The van der Waals surface area contributed by atoms with Gasteiger partial charge < -0.3 is 26.4 Å². The summed E-state index contributed by atoms with van der Waals surface area (Å²) in [5.41, 5.74) is 9.97. The van der Waals surface area contributed by atoms with Gasteiger partial charge in [0.25, 0.3) is 5.91 Å². The molecule has 0 saturated heterocycles. The van der Waals surface area contributed by atoms with Crippen LogP contribution in [0.15, 0.2) is 72.8 Å². The highest BCUT2D eigenvalue weighted by molar-refractivity contribution is 6.05. The van der Waals surface area contributed by atoms with Gasteiger partial charge in [0, 0.05) is 24.2 Å². The van der Waals surface area contributed by atoms with Crippen molar-refractivity contribution in [2.45, 2.75) is 58.5 Å². The average Bonchev–Trinajstić information content (AvgIpc) is 2.88. The van der Waals surface area contributed by atoms with Gasteiger partial charge in [0.2, 0.25) is 5.91 Å². The third-order valence-electron chi connectivity index (χ3n) is 5.84. The Kier molecular flexibility index (Phi) is 10.5. The third-order valence-corrected chi connectivity index (χ3v) is 5.84. The Balaban J connectivity index is 1.34. The largest absolute Gasteiger partial charge is 0.444 e. The molecular weight excluding hydrogens is 492 g/mol. The highest BCUT2D eigenvalue weighted by Crippen LogP contribution is 2.18. The quantitative estimate of drug-likeness (QED) is 0.180. The summed E-state index contributed by atoms with van der Waals surface area (Å²) in [6, 6.07) is 22.2. The van der Waals surface area contributed by atoms with E-state index in [1.807, 2.05) is 69.3 Å². The number of nitrogen functional groups attached to an aromatic ring is 1. The molecule has 0 heterocycles. The Morgan fingerprint density at radius 2 is 1.41 bits per heavy atom. The molecule has 0 aliphatic rings. The minimum Gasteiger partial charge on any atom is -0.444 e. The first kappa shape index (κ1) is 29.2. The number of nitrogens with two attached hydrogens (primary N) is 1. The minimum atomic E-state index is -0.506. The van der Waals surface area contributed by atoms with Crippen LogP contribution in [0.2, 0.25) is 0 Å². The summed E-state index contributed by atoms with van der Waals surface area (Å²) in [5.74, 6) is -0.261. The molecule has 0 aliphatic carbocycles. The summed E-state index contributed by atoms with van der Waals surface area (Å²) < 4.78 is 5.22. The summed E-state index contributed by atoms with van der Waals surface area (Å²) in [6.07, 6.45) is 3.02. The average molecular weight is 531 g/mol. The third kappa shape index (κ3) is 10.5. The number of ether oxygens (including phenoxy) is 1. The van der Waals surface area contributed by atoms with E-state index in [0.717, 1.165) is 36.1 Å². The van der Waals surface area contributed by atoms with E-state index >= 15 is 0 Å². The number of para-hydroxylation sites is 2. The number of rotatable bonds is 11. The molecule has 5 N–H and O–H groups in total. The predicted molar refractivity (Wildman–Crippen MR) is 156 cm³/mol. The number of carbonyl (C=O) groups excluding carboxylic acids is 3. The van der Waals surface area contributed by atoms with Crippen molar-refractivity contribution in [1.82, 2.24) is 5.32 Å². The normalized spacial score (nSPS) is 10.9. The van der Waals surface area contributed by atoms with Crippen molar-refractivity contribution in [3.05, 3.63) is 89.5 Å². The van der Waals surface area contributed by atoms with Crippen LogP contribution in [0.3, 0.4) is 0 Å². The molecule has 0 saturated carbocycles. The van der Waals surface area contributed by atoms with E-state index in [0.29, 0.717) is 36.3 Å². The van der Waals surface area contributed by atoms with Gasteiger partial charge in [0.15, 0.2) is 0 Å². The zero-order valence-corrected chi connectivity index (χ0v) is 22.9. The fourth-order valence-corrected chi connectivity index (χ4v) is 3.86. The number of hydrogen-bond donors (Lipinski definition) is 4. The van der Waals surface area contributed by atoms with Gasteiger partial charge in [-0.2, -0.15) is 0 Å². The van der Waals surface area contributed by atoms with Gasteiger partial charge >= 0.3 is 6.09 Å². The molecule has 0 radical (unpaired) electrons. The lowest BCUT2D eigenvalue weighted by atomic mass is 10.1. The van der Waals surface area contributed by atoms with Crippen molar-refractivity contribution in [1.29, 1.82) is 0 Å². The molecule has 8 heteroatoms. The Morgan fingerprint density at radius 1 is 0.795 bits per heavy atom. The second-order valence-electron chi connectivity index (χ2n) is 10.4. The van der Waals surface area contributed by atoms with E-state index < -0.39 is 11.7 Å². The first-order valence-electron chi connectivity index (χ1n) is 13.2. The molecule has 0 unspecified atom stereocenters. The van der Waals surface area contributed by atoms with Crippen molar-refractivity contribution < 1.29 is 19.1 Å². The van der Waals surface area contributed by atoms with E-state index in [1.165, 1.54) is 0 Å². The van der Waals surface area contributed by atoms with Crippen molar-refractivity contribution in [2.75, 3.05) is 22.9 Å². The number of anilines is 3. The van der Waals surface area contributed by atoms with Crippen LogP contribution >= 0.6 is 0 Å². The van der Waals surface area contributed by atoms with E-state index in [9.17, 15) is 14.4 Å². The smallest absolute Gasteiger partial charge is 0.407 e. The second kappa shape index (κ2) is 14.0. The van der Waals surface area contributed by atoms with Gasteiger partial charge in [-0.1, -0.05) is 36.4 Å². The van der Waals surface area contributed by atoms with Gasteiger partial charge in [-0.3, -0.25) is 9.59 Å². The lowest BCUT2D eigenvalue weighted by molar-refractivity contribution is -0.116. The van der Waals surface area contributed by atoms with Gasteiger partial charge in [0.05, 0.1) is 11.4 Å². The molecular formula is C31H38N4O4. The maximum absolute atomic E-state index is 12.5. The van der Waals surface area contributed by atoms with Crippen LogP contribution in [0, 0.1) is 0 Å². The lowest BCUT2D eigenvalue weighted by Gasteiger charge is -2.19. The van der Waals surface area contributed by atoms with Crippen LogP contribution in [0.4, 0.5) is 21.9 Å². The number of amides is 3. The van der Waals surface area contributed by atoms with Gasteiger partial charge in [-0.25, -0.2) is 4.79 Å². The van der Waals surface area contributed by atoms with Crippen LogP contribution in [0.5, 0.6) is 0 Å². The maximum Gasteiger partial charge on any atom is 0.407 e. The molecule has 0 fully saturated rings. The first-order valence-corrected chi connectivity index (χ1v) is 13.2. The number of hydrogen-bond acceptors (Lipinski definition) is 5. The maximum atomic E-state index is 12.5. The summed E-state index contributed by atoms with van der Waals surface area (Å²) in [5, 5.41) is 8.51. The van der Waals surface area contributed by atoms with Crippen molar-refractivity contribution in [3.63, 3.8) is 0 Å². The molecule has 8 nitrogen and oxygen atoms in total. The number of nitrogens with one attached hydrogen (secondary N) is 3. The van der Waals surface area contributed by atoms with Crippen molar-refractivity contribution >= 4 is 35.0 Å². The van der Waals surface area contributed by atoms with Crippen molar-refractivity contribution in [3.8, 4) is 0 Å². The zero-order valence-electron chi connectivity index (χ0n) is 22.9. The van der Waals surface area contributed by atoms with Gasteiger partial charge in [-0.15, -0.1) is 0 Å². The fourth-order valence-electron chi connectivity index (χ4n) is 3.86. The highest BCUT2D eigenvalue weighted by Gasteiger charge is 2.15. The molecule has 0 aliphatic heterocycles. The van der Waals surface area contributed by atoms with Gasteiger partial charge in [-0.05, 0) is 94.0 Å². The Morgan fingerprint density at radius 3 is 2.05 bits per heavy atom. The first-order chi connectivity index (χ1) is 18.6. The molecule has 3 aromatic carbocycles. The molecule has 0 atom stereocenters. The van der Waals surface area contributed by atoms with E-state index in [-0.39, 0.29) is 11.8 Å². The summed E-state index contributed by atoms with van der Waals surface area (Å²) >= 11 is 0. The molecule has 0 aromatic heterocycles.